The molecule has 4 fully saturated rings. The lowest BCUT2D eigenvalue weighted by molar-refractivity contribution is -0.412. The van der Waals surface area contributed by atoms with E-state index in [9.17, 15) is 0 Å². The lowest BCUT2D eigenvalue weighted by atomic mass is 9.11. The van der Waals surface area contributed by atoms with E-state index in [1.807, 2.05) is 0 Å². The van der Waals surface area contributed by atoms with Crippen molar-refractivity contribution in [3.8, 4) is 33.4 Å². The molecule has 57 heavy (non-hydrogen) atoms. The number of anilines is 3. The fourth-order valence-electron chi connectivity index (χ4n) is 13.7. The quantitative estimate of drug-likeness (QED) is 0.175. The third-order valence-electron chi connectivity index (χ3n) is 15.7. The summed E-state index contributed by atoms with van der Waals surface area (Å²) in [5.74, 6) is 3.45. The van der Waals surface area contributed by atoms with Crippen molar-refractivity contribution < 1.29 is 4.42 Å². The highest BCUT2D eigenvalue weighted by Gasteiger charge is 2.90. The predicted octanol–water partition coefficient (Wildman–Crippen LogP) is 14.5. The Bertz CT molecular complexity index is 3140. The molecule has 270 valence electrons. The Morgan fingerprint density at radius 1 is 0.474 bits per heavy atom. The molecule has 0 amide bonds. The summed E-state index contributed by atoms with van der Waals surface area (Å²) in [5, 5.41) is 4.79. The summed E-state index contributed by atoms with van der Waals surface area (Å²) in [7, 11) is 0. The number of benzene rings is 8. The molecular weight excluding hydrogens is 691 g/mol. The minimum absolute atomic E-state index is 0.117. The monoisotopic (exact) mass is 729 g/mol. The van der Waals surface area contributed by atoms with Crippen molar-refractivity contribution in [1.29, 1.82) is 0 Å². The van der Waals surface area contributed by atoms with Gasteiger partial charge >= 0.3 is 0 Å². The normalized spacial score (nSPS) is 25.5. The summed E-state index contributed by atoms with van der Waals surface area (Å²) in [6.45, 7) is 0. The molecule has 14 rings (SSSR count). The number of rotatable bonds is 5. The smallest absolute Gasteiger partial charge is 0.159 e. The molecule has 9 aromatic rings. The Morgan fingerprint density at radius 3 is 1.96 bits per heavy atom. The Balaban J connectivity index is 1.04. The van der Waals surface area contributed by atoms with E-state index in [4.69, 9.17) is 4.42 Å². The van der Waals surface area contributed by atoms with E-state index in [2.05, 4.69) is 181 Å². The standard InChI is InChI=1S/C55H39NO/c1-2-13-33(14-3-1)38-20-10-15-34-16-11-21-43(52(34)38)41-18-5-8-24-47(41)56(48-25-12-22-44-42-19-6-9-26-49(42)57-53(44)48)37-27-28-40-39-17-4-7-23-45(39)55(46(40)32-37)50-30-35-29-36-31-51(55)54(35,36)50/h1-28,32,35-36,50-51H,29-31H2. The molecule has 0 aliphatic heterocycles. The van der Waals surface area contributed by atoms with Gasteiger partial charge in [0.2, 0.25) is 0 Å². The summed E-state index contributed by atoms with van der Waals surface area (Å²) >= 11 is 0. The molecule has 1 heterocycles. The van der Waals surface area contributed by atoms with Gasteiger partial charge < -0.3 is 9.32 Å². The topological polar surface area (TPSA) is 16.4 Å². The molecule has 5 aliphatic carbocycles. The minimum Gasteiger partial charge on any atom is -0.454 e. The second-order valence-corrected chi connectivity index (χ2v) is 17.5. The van der Waals surface area contributed by atoms with Crippen molar-refractivity contribution in [2.45, 2.75) is 24.7 Å². The van der Waals surface area contributed by atoms with Gasteiger partial charge in [0.1, 0.15) is 5.58 Å². The average Bonchev–Trinajstić information content (AvgIpc) is 3.77. The second kappa shape index (κ2) is 10.7. The summed E-state index contributed by atoms with van der Waals surface area (Å²) in [6, 6.07) is 65.4. The molecule has 0 saturated heterocycles. The zero-order chi connectivity index (χ0) is 37.0. The number of para-hydroxylation sites is 3. The molecule has 1 aromatic heterocycles. The van der Waals surface area contributed by atoms with Gasteiger partial charge in [-0.15, -0.1) is 0 Å². The lowest BCUT2D eigenvalue weighted by Crippen LogP contribution is -2.88. The van der Waals surface area contributed by atoms with Crippen LogP contribution >= 0.6 is 0 Å². The van der Waals surface area contributed by atoms with Crippen LogP contribution in [0.1, 0.15) is 30.4 Å². The number of furan rings is 1. The third-order valence-corrected chi connectivity index (χ3v) is 15.7. The van der Waals surface area contributed by atoms with Gasteiger partial charge in [0, 0.05) is 27.4 Å². The second-order valence-electron chi connectivity index (χ2n) is 17.5. The number of hydrogen-bond acceptors (Lipinski definition) is 2. The molecule has 4 unspecified atom stereocenters. The van der Waals surface area contributed by atoms with Crippen LogP contribution in [0.5, 0.6) is 0 Å². The number of hydrogen-bond donors (Lipinski definition) is 0. The van der Waals surface area contributed by atoms with E-state index in [-0.39, 0.29) is 5.41 Å². The molecular formula is C55H39NO. The van der Waals surface area contributed by atoms with Crippen LogP contribution in [0.25, 0.3) is 66.1 Å². The van der Waals surface area contributed by atoms with Crippen molar-refractivity contribution >= 4 is 49.8 Å². The summed E-state index contributed by atoms with van der Waals surface area (Å²) in [5.41, 5.74) is 16.9. The first-order valence-corrected chi connectivity index (χ1v) is 20.9. The van der Waals surface area contributed by atoms with Crippen LogP contribution in [0, 0.1) is 29.1 Å². The minimum atomic E-state index is 0.117. The molecule has 2 nitrogen and oxygen atoms in total. The third kappa shape index (κ3) is 3.57. The Hall–Kier alpha value is -6.38. The summed E-state index contributed by atoms with van der Waals surface area (Å²) in [4.78, 5) is 2.52. The Labute approximate surface area is 332 Å². The van der Waals surface area contributed by atoms with E-state index in [1.54, 1.807) is 11.1 Å². The van der Waals surface area contributed by atoms with Crippen LogP contribution in [-0.2, 0) is 5.41 Å². The first kappa shape index (κ1) is 30.8. The van der Waals surface area contributed by atoms with E-state index in [1.165, 1.54) is 69.1 Å². The van der Waals surface area contributed by atoms with Crippen LogP contribution in [0.3, 0.4) is 0 Å². The predicted molar refractivity (Wildman–Crippen MR) is 233 cm³/mol. The molecule has 0 radical (unpaired) electrons. The maximum absolute atomic E-state index is 6.87. The Morgan fingerprint density at radius 2 is 1.12 bits per heavy atom. The molecule has 8 aromatic carbocycles. The average molecular weight is 730 g/mol. The largest absolute Gasteiger partial charge is 0.454 e. The molecule has 2 spiro atoms. The maximum atomic E-state index is 6.87. The fraction of sp³-hybridized carbons (Fsp3) is 0.164. The number of fused-ring (bicyclic) bond motifs is 11. The van der Waals surface area contributed by atoms with Gasteiger partial charge in [0.15, 0.2) is 5.58 Å². The van der Waals surface area contributed by atoms with Crippen molar-refractivity contribution in [3.63, 3.8) is 0 Å². The summed E-state index contributed by atoms with van der Waals surface area (Å²) < 4.78 is 6.87. The molecule has 0 N–H and O–H groups in total. The van der Waals surface area contributed by atoms with Gasteiger partial charge in [0.25, 0.3) is 0 Å². The first-order chi connectivity index (χ1) is 28.3. The molecule has 2 heteroatoms. The van der Waals surface area contributed by atoms with Crippen molar-refractivity contribution in [1.82, 2.24) is 0 Å². The van der Waals surface area contributed by atoms with Gasteiger partial charge in [0.05, 0.1) is 11.4 Å². The molecule has 5 aliphatic rings. The van der Waals surface area contributed by atoms with Crippen LogP contribution in [-0.4, -0.2) is 0 Å². The number of nitrogens with zero attached hydrogens (tertiary/aromatic N) is 1. The summed E-state index contributed by atoms with van der Waals surface area (Å²) in [6.07, 6.45) is 4.26. The van der Waals surface area contributed by atoms with Crippen LogP contribution in [0.4, 0.5) is 17.1 Å². The van der Waals surface area contributed by atoms with Crippen molar-refractivity contribution in [2.75, 3.05) is 4.90 Å². The van der Waals surface area contributed by atoms with Gasteiger partial charge in [-0.2, -0.15) is 0 Å². The van der Waals surface area contributed by atoms with Crippen LogP contribution < -0.4 is 4.90 Å². The van der Waals surface area contributed by atoms with Crippen molar-refractivity contribution in [3.05, 3.63) is 187 Å². The molecule has 4 atom stereocenters. The van der Waals surface area contributed by atoms with E-state index >= 15 is 0 Å². The van der Waals surface area contributed by atoms with E-state index in [0.717, 1.165) is 57.0 Å². The highest BCUT2D eigenvalue weighted by molar-refractivity contribution is 6.12. The van der Waals surface area contributed by atoms with Crippen LogP contribution in [0.2, 0.25) is 0 Å². The fourth-order valence-corrected chi connectivity index (χ4v) is 13.7. The SMILES string of the molecule is c1ccc(-c2cccc3cccc(-c4ccccc4N(c4ccc5c(c4)C4(c6ccccc6-5)C5CC6CC7CC4C675)c4cccc5c4oc4ccccc45)c23)cc1. The van der Waals surface area contributed by atoms with E-state index in [0.29, 0.717) is 5.41 Å². The van der Waals surface area contributed by atoms with Gasteiger partial charge in [-0.05, 0) is 128 Å². The highest BCUT2D eigenvalue weighted by atomic mass is 16.3. The van der Waals surface area contributed by atoms with Crippen LogP contribution in [0.15, 0.2) is 180 Å². The Kier molecular flexibility index (Phi) is 5.79. The van der Waals surface area contributed by atoms with Gasteiger partial charge in [-0.1, -0.05) is 146 Å². The van der Waals surface area contributed by atoms with Gasteiger partial charge in [-0.3, -0.25) is 0 Å². The zero-order valence-corrected chi connectivity index (χ0v) is 31.5. The highest BCUT2D eigenvalue weighted by Crippen LogP contribution is 2.94. The maximum Gasteiger partial charge on any atom is 0.159 e. The molecule has 4 saturated carbocycles. The zero-order valence-electron chi connectivity index (χ0n) is 31.5. The molecule has 0 bridgehead atoms. The first-order valence-electron chi connectivity index (χ1n) is 20.9. The van der Waals surface area contributed by atoms with Crippen molar-refractivity contribution in [2.24, 2.45) is 29.1 Å². The van der Waals surface area contributed by atoms with Gasteiger partial charge in [-0.25, -0.2) is 0 Å². The lowest BCUT2D eigenvalue weighted by Gasteiger charge is -2.92. The van der Waals surface area contributed by atoms with E-state index < -0.39 is 0 Å².